The molecule has 1 aromatic carbocycles. The van der Waals surface area contributed by atoms with Crippen LogP contribution in [0, 0.1) is 5.82 Å². The zero-order valence-corrected chi connectivity index (χ0v) is 12.0. The van der Waals surface area contributed by atoms with E-state index in [0.717, 1.165) is 11.8 Å². The first-order valence-corrected chi connectivity index (χ1v) is 6.88. The van der Waals surface area contributed by atoms with Crippen LogP contribution in [0.2, 0.25) is 5.02 Å². The van der Waals surface area contributed by atoms with Gasteiger partial charge >= 0.3 is 0 Å². The minimum absolute atomic E-state index is 0.0177. The molecular formula is C15H15ClFNO3. The van der Waals surface area contributed by atoms with Gasteiger partial charge in [-0.05, 0) is 36.8 Å². The molecular weight excluding hydrogens is 297 g/mol. The number of carbonyl (C=O) groups excluding carboxylic acids is 1. The van der Waals surface area contributed by atoms with Gasteiger partial charge in [0, 0.05) is 18.2 Å². The molecule has 0 aliphatic rings. The molecule has 0 radical (unpaired) electrons. The van der Waals surface area contributed by atoms with E-state index in [4.69, 9.17) is 20.8 Å². The van der Waals surface area contributed by atoms with E-state index in [1.165, 1.54) is 12.1 Å². The van der Waals surface area contributed by atoms with E-state index in [1.54, 1.807) is 12.3 Å². The van der Waals surface area contributed by atoms with Crippen LogP contribution in [0.3, 0.4) is 0 Å². The van der Waals surface area contributed by atoms with Gasteiger partial charge in [0.25, 0.3) is 5.91 Å². The van der Waals surface area contributed by atoms with E-state index < -0.39 is 11.7 Å². The van der Waals surface area contributed by atoms with Crippen molar-refractivity contribution in [1.82, 2.24) is 5.32 Å². The second kappa shape index (κ2) is 7.81. The molecule has 0 saturated carbocycles. The van der Waals surface area contributed by atoms with E-state index >= 15 is 0 Å². The average Bonchev–Trinajstić information content (AvgIpc) is 2.95. The van der Waals surface area contributed by atoms with Crippen molar-refractivity contribution >= 4 is 17.5 Å². The van der Waals surface area contributed by atoms with Crippen molar-refractivity contribution in [2.75, 3.05) is 13.2 Å². The Morgan fingerprint density at radius 2 is 2.24 bits per heavy atom. The van der Waals surface area contributed by atoms with Crippen molar-refractivity contribution in [3.63, 3.8) is 0 Å². The summed E-state index contributed by atoms with van der Waals surface area (Å²) in [6.45, 7) is 1.27. The van der Waals surface area contributed by atoms with E-state index in [2.05, 4.69) is 5.32 Å². The van der Waals surface area contributed by atoms with Crippen molar-refractivity contribution < 1.29 is 18.3 Å². The van der Waals surface area contributed by atoms with E-state index in [1.807, 2.05) is 6.07 Å². The van der Waals surface area contributed by atoms with E-state index in [-0.39, 0.29) is 10.6 Å². The third kappa shape index (κ3) is 4.88. The number of nitrogens with one attached hydrogen (secondary N) is 1. The van der Waals surface area contributed by atoms with Crippen LogP contribution >= 0.6 is 11.6 Å². The first-order chi connectivity index (χ1) is 10.2. The average molecular weight is 312 g/mol. The summed E-state index contributed by atoms with van der Waals surface area (Å²) in [7, 11) is 0. The fourth-order valence-corrected chi connectivity index (χ4v) is 1.87. The lowest BCUT2D eigenvalue weighted by atomic mass is 10.2. The zero-order valence-electron chi connectivity index (χ0n) is 11.3. The first kappa shape index (κ1) is 15.5. The van der Waals surface area contributed by atoms with Crippen LogP contribution in [0.5, 0.6) is 0 Å². The van der Waals surface area contributed by atoms with Crippen molar-refractivity contribution in [1.29, 1.82) is 0 Å². The molecule has 0 aliphatic heterocycles. The fraction of sp³-hybridized carbons (Fsp3) is 0.267. The topological polar surface area (TPSA) is 51.5 Å². The van der Waals surface area contributed by atoms with Gasteiger partial charge in [-0.1, -0.05) is 11.6 Å². The number of ether oxygens (including phenoxy) is 1. The summed E-state index contributed by atoms with van der Waals surface area (Å²) in [4.78, 5) is 11.7. The van der Waals surface area contributed by atoms with Gasteiger partial charge < -0.3 is 14.5 Å². The highest BCUT2D eigenvalue weighted by Crippen LogP contribution is 2.14. The number of carbonyl (C=O) groups is 1. The van der Waals surface area contributed by atoms with Gasteiger partial charge in [0.05, 0.1) is 11.8 Å². The van der Waals surface area contributed by atoms with Crippen molar-refractivity contribution in [2.45, 2.75) is 13.0 Å². The van der Waals surface area contributed by atoms with Crippen LogP contribution in [0.15, 0.2) is 41.0 Å². The van der Waals surface area contributed by atoms with Gasteiger partial charge in [0.1, 0.15) is 18.2 Å². The predicted octanol–water partition coefficient (Wildman–Crippen LogP) is 3.41. The molecule has 1 heterocycles. The number of rotatable bonds is 7. The number of furan rings is 1. The van der Waals surface area contributed by atoms with Gasteiger partial charge in [-0.15, -0.1) is 0 Å². The molecule has 21 heavy (non-hydrogen) atoms. The lowest BCUT2D eigenvalue weighted by Crippen LogP contribution is -2.26. The van der Waals surface area contributed by atoms with Gasteiger partial charge in [-0.3, -0.25) is 4.79 Å². The van der Waals surface area contributed by atoms with Gasteiger partial charge in [0.15, 0.2) is 0 Å². The molecule has 0 aliphatic carbocycles. The van der Waals surface area contributed by atoms with Gasteiger partial charge in [-0.2, -0.15) is 0 Å². The van der Waals surface area contributed by atoms with Crippen LogP contribution < -0.4 is 5.32 Å². The summed E-state index contributed by atoms with van der Waals surface area (Å²) in [5.74, 6) is -0.341. The summed E-state index contributed by atoms with van der Waals surface area (Å²) in [6.07, 6.45) is 2.21. The molecule has 0 bridgehead atoms. The monoisotopic (exact) mass is 311 g/mol. The number of benzene rings is 1. The molecule has 0 saturated heterocycles. The Morgan fingerprint density at radius 3 is 2.95 bits per heavy atom. The molecule has 0 spiro atoms. The van der Waals surface area contributed by atoms with E-state index in [0.29, 0.717) is 26.2 Å². The molecule has 0 fully saturated rings. The van der Waals surface area contributed by atoms with Crippen LogP contribution in [-0.2, 0) is 11.3 Å². The first-order valence-electron chi connectivity index (χ1n) is 6.50. The maximum atomic E-state index is 13.5. The molecule has 0 atom stereocenters. The number of halogens is 2. The summed E-state index contributed by atoms with van der Waals surface area (Å²) < 4.78 is 24.0. The second-order valence-electron chi connectivity index (χ2n) is 4.37. The zero-order chi connectivity index (χ0) is 15.1. The van der Waals surface area contributed by atoms with E-state index in [9.17, 15) is 9.18 Å². The Kier molecular flexibility index (Phi) is 5.78. The third-order valence-electron chi connectivity index (χ3n) is 2.75. The molecule has 1 amide bonds. The van der Waals surface area contributed by atoms with Crippen molar-refractivity contribution in [3.05, 3.63) is 58.8 Å². The Balaban J connectivity index is 1.65. The summed E-state index contributed by atoms with van der Waals surface area (Å²) in [6, 6.07) is 7.57. The highest BCUT2D eigenvalue weighted by Gasteiger charge is 2.11. The molecule has 4 nitrogen and oxygen atoms in total. The maximum Gasteiger partial charge on any atom is 0.254 e. The maximum absolute atomic E-state index is 13.5. The molecule has 1 aromatic heterocycles. The summed E-state index contributed by atoms with van der Waals surface area (Å²) in [5, 5.41) is 2.89. The van der Waals surface area contributed by atoms with Crippen LogP contribution in [0.4, 0.5) is 4.39 Å². The highest BCUT2D eigenvalue weighted by atomic mass is 35.5. The number of hydrogen-bond donors (Lipinski definition) is 1. The van der Waals surface area contributed by atoms with Crippen molar-refractivity contribution in [3.8, 4) is 0 Å². The fourth-order valence-electron chi connectivity index (χ4n) is 1.71. The van der Waals surface area contributed by atoms with Gasteiger partial charge in [0.2, 0.25) is 0 Å². The molecule has 1 N–H and O–H groups in total. The van der Waals surface area contributed by atoms with Crippen LogP contribution in [0.25, 0.3) is 0 Å². The highest BCUT2D eigenvalue weighted by molar-refractivity contribution is 6.30. The standard InChI is InChI=1S/C15H15ClFNO3/c16-11-4-5-13(14(17)9-11)15(19)18-6-2-7-20-10-12-3-1-8-21-12/h1,3-5,8-9H,2,6-7,10H2,(H,18,19). The lowest BCUT2D eigenvalue weighted by molar-refractivity contribution is 0.0914. The van der Waals surface area contributed by atoms with Crippen molar-refractivity contribution in [2.24, 2.45) is 0 Å². The Hall–Kier alpha value is -1.85. The minimum Gasteiger partial charge on any atom is -0.467 e. The molecule has 2 aromatic rings. The van der Waals surface area contributed by atoms with Crippen LogP contribution in [0.1, 0.15) is 22.5 Å². The molecule has 0 unspecified atom stereocenters. The Bertz CT molecular complexity index is 587. The predicted molar refractivity (Wildman–Crippen MR) is 76.7 cm³/mol. The summed E-state index contributed by atoms with van der Waals surface area (Å²) in [5.41, 5.74) is -0.0177. The lowest BCUT2D eigenvalue weighted by Gasteiger charge is -2.06. The Labute approximate surface area is 126 Å². The molecule has 6 heteroatoms. The number of amides is 1. The molecule has 2 rings (SSSR count). The molecule has 112 valence electrons. The largest absolute Gasteiger partial charge is 0.467 e. The normalized spacial score (nSPS) is 10.6. The summed E-state index contributed by atoms with van der Waals surface area (Å²) >= 11 is 5.63. The number of hydrogen-bond acceptors (Lipinski definition) is 3. The second-order valence-corrected chi connectivity index (χ2v) is 4.80. The minimum atomic E-state index is -0.630. The van der Waals surface area contributed by atoms with Gasteiger partial charge in [-0.25, -0.2) is 4.39 Å². The smallest absolute Gasteiger partial charge is 0.254 e. The third-order valence-corrected chi connectivity index (χ3v) is 2.99. The Morgan fingerprint density at radius 1 is 1.38 bits per heavy atom. The van der Waals surface area contributed by atoms with Crippen LogP contribution in [-0.4, -0.2) is 19.1 Å². The quantitative estimate of drug-likeness (QED) is 0.797. The SMILES string of the molecule is O=C(NCCCOCc1ccco1)c1ccc(Cl)cc1F.